The van der Waals surface area contributed by atoms with Gasteiger partial charge < -0.3 is 29.3 Å². The van der Waals surface area contributed by atoms with Crippen LogP contribution in [0.5, 0.6) is 5.88 Å². The molecule has 1 aromatic rings. The molecule has 1 heterocycles. The molecule has 0 aliphatic heterocycles. The maximum Gasteiger partial charge on any atom is 2.00 e. The van der Waals surface area contributed by atoms with Gasteiger partial charge in [0.2, 0.25) is 0 Å². The SMILES string of the molecule is CCCCCc1cc[nH]c1[O-].[Ca+2].[O-][Si](O)(O)O. The van der Waals surface area contributed by atoms with Crippen LogP contribution in [-0.2, 0) is 6.42 Å². The van der Waals surface area contributed by atoms with E-state index in [0.717, 1.165) is 18.4 Å². The molecule has 0 saturated carbocycles. The fourth-order valence-electron chi connectivity index (χ4n) is 1.15. The van der Waals surface area contributed by atoms with Gasteiger partial charge >= 0.3 is 46.8 Å². The Kier molecular flexibility index (Phi) is 12.0. The first-order valence-corrected chi connectivity index (χ1v) is 6.80. The largest absolute Gasteiger partial charge is 2.00 e. The van der Waals surface area contributed by atoms with Crippen molar-refractivity contribution >= 4 is 46.8 Å². The number of rotatable bonds is 4. The molecule has 0 unspecified atom stereocenters. The molecule has 0 aliphatic carbocycles. The Labute approximate surface area is 131 Å². The summed E-state index contributed by atoms with van der Waals surface area (Å²) >= 11 is 0. The van der Waals surface area contributed by atoms with Crippen LogP contribution in [0, 0.1) is 0 Å². The molecule has 0 aliphatic rings. The zero-order valence-corrected chi connectivity index (χ0v) is 13.1. The van der Waals surface area contributed by atoms with Crippen molar-refractivity contribution in [2.75, 3.05) is 0 Å². The molecule has 6 nitrogen and oxygen atoms in total. The minimum absolute atomic E-state index is 0. The van der Waals surface area contributed by atoms with E-state index in [-0.39, 0.29) is 43.6 Å². The van der Waals surface area contributed by atoms with E-state index >= 15 is 0 Å². The third-order valence-electron chi connectivity index (χ3n) is 1.84. The van der Waals surface area contributed by atoms with E-state index in [4.69, 9.17) is 19.2 Å². The molecule has 8 heteroatoms. The van der Waals surface area contributed by atoms with Crippen molar-refractivity contribution in [3.05, 3.63) is 17.8 Å². The summed E-state index contributed by atoms with van der Waals surface area (Å²) in [5, 5.41) is 11.0. The van der Waals surface area contributed by atoms with Crippen LogP contribution in [0.2, 0.25) is 0 Å². The summed E-state index contributed by atoms with van der Waals surface area (Å²) in [4.78, 5) is 33.2. The van der Waals surface area contributed by atoms with Gasteiger partial charge in [-0.2, -0.15) is 0 Å². The first kappa shape index (κ1) is 19.7. The second kappa shape index (κ2) is 10.3. The molecule has 94 valence electrons. The standard InChI is InChI=1S/C9H15NO.Ca.H3O4Si/c1-2-3-4-5-8-6-7-10-9(8)11;;1-5(2,3)4/h6-7,10-11H,2-5H2,1H3;;1-3H/q;+2;-1/p-1. The van der Waals surface area contributed by atoms with Gasteiger partial charge in [0.15, 0.2) is 0 Å². The molecule has 17 heavy (non-hydrogen) atoms. The number of unbranched alkanes of at least 4 members (excludes halogenated alkanes) is 2. The average Bonchev–Trinajstić information content (AvgIpc) is 2.49. The van der Waals surface area contributed by atoms with Crippen molar-refractivity contribution in [1.29, 1.82) is 0 Å². The summed E-state index contributed by atoms with van der Waals surface area (Å²) in [5.41, 5.74) is 0.929. The maximum atomic E-state index is 11.0. The number of hydrogen-bond acceptors (Lipinski definition) is 5. The molecule has 1 aromatic heterocycles. The first-order valence-electron chi connectivity index (χ1n) is 5.05. The van der Waals surface area contributed by atoms with Gasteiger partial charge in [-0.25, -0.2) is 0 Å². The van der Waals surface area contributed by atoms with Crippen LogP contribution < -0.4 is 9.90 Å². The Morgan fingerprint density at radius 2 is 1.82 bits per heavy atom. The Hall–Kier alpha value is 0.397. The summed E-state index contributed by atoms with van der Waals surface area (Å²) in [7, 11) is -4.86. The average molecular weight is 287 g/mol. The van der Waals surface area contributed by atoms with Crippen molar-refractivity contribution in [2.45, 2.75) is 32.6 Å². The fraction of sp³-hybridized carbons (Fsp3) is 0.556. The van der Waals surface area contributed by atoms with Crippen LogP contribution in [0.3, 0.4) is 0 Å². The minimum atomic E-state index is -4.86. The van der Waals surface area contributed by atoms with Crippen LogP contribution in [0.1, 0.15) is 31.7 Å². The second-order valence-electron chi connectivity index (χ2n) is 3.36. The predicted molar refractivity (Wildman–Crippen MR) is 61.6 cm³/mol. The molecule has 1 rings (SSSR count). The van der Waals surface area contributed by atoms with Crippen molar-refractivity contribution < 1.29 is 24.3 Å². The monoisotopic (exact) mass is 287 g/mol. The van der Waals surface area contributed by atoms with Gasteiger partial charge in [-0.3, -0.25) is 0 Å². The van der Waals surface area contributed by atoms with Gasteiger partial charge in [0.1, 0.15) is 0 Å². The third kappa shape index (κ3) is 14.3. The van der Waals surface area contributed by atoms with Crippen molar-refractivity contribution in [2.24, 2.45) is 0 Å². The second-order valence-corrected chi connectivity index (χ2v) is 4.51. The molecule has 0 amide bonds. The summed E-state index contributed by atoms with van der Waals surface area (Å²) in [5.74, 6) is 0.0844. The normalized spacial score (nSPS) is 10.2. The Balaban J connectivity index is 0. The van der Waals surface area contributed by atoms with Crippen LogP contribution >= 0.6 is 0 Å². The van der Waals surface area contributed by atoms with Gasteiger partial charge in [-0.05, 0) is 30.4 Å². The Bertz CT molecular complexity index is 283. The van der Waals surface area contributed by atoms with Crippen molar-refractivity contribution in [3.8, 4) is 5.88 Å². The van der Waals surface area contributed by atoms with E-state index in [0.29, 0.717) is 0 Å². The Morgan fingerprint density at radius 1 is 1.29 bits per heavy atom. The third-order valence-corrected chi connectivity index (χ3v) is 1.84. The van der Waals surface area contributed by atoms with Crippen LogP contribution in [0.15, 0.2) is 12.3 Å². The topological polar surface area (TPSA) is 123 Å². The van der Waals surface area contributed by atoms with E-state index in [9.17, 15) is 5.11 Å². The van der Waals surface area contributed by atoms with Crippen LogP contribution in [0.25, 0.3) is 0 Å². The molecule has 0 bridgehead atoms. The molecule has 4 N–H and O–H groups in total. The maximum absolute atomic E-state index is 11.0. The van der Waals surface area contributed by atoms with Gasteiger partial charge in [-0.1, -0.05) is 19.8 Å². The number of H-pyrrole nitrogens is 1. The van der Waals surface area contributed by atoms with Crippen LogP contribution in [-0.4, -0.2) is 66.2 Å². The predicted octanol–water partition coefficient (Wildman–Crippen LogP) is -1.80. The first-order chi connectivity index (χ1) is 7.34. The van der Waals surface area contributed by atoms with E-state index in [2.05, 4.69) is 11.9 Å². The molecule has 0 atom stereocenters. The number of aromatic amines is 1. The van der Waals surface area contributed by atoms with Gasteiger partial charge in [0.05, 0.1) is 0 Å². The summed E-state index contributed by atoms with van der Waals surface area (Å²) in [6, 6.07) is 1.87. The molecule has 0 radical (unpaired) electrons. The Morgan fingerprint density at radius 3 is 2.18 bits per heavy atom. The summed E-state index contributed by atoms with van der Waals surface area (Å²) < 4.78 is 0. The molecule has 0 aromatic carbocycles. The smallest absolute Gasteiger partial charge is 0.860 e. The van der Waals surface area contributed by atoms with Gasteiger partial charge in [0.25, 0.3) is 0 Å². The fourth-order valence-corrected chi connectivity index (χ4v) is 1.15. The van der Waals surface area contributed by atoms with E-state index < -0.39 is 9.05 Å². The number of aryl methyl sites for hydroxylation is 1. The summed E-state index contributed by atoms with van der Waals surface area (Å²) in [6.45, 7) is 2.16. The molecule has 0 spiro atoms. The molecular formula is C9H17CaNO5Si. The molecule has 0 saturated heterocycles. The van der Waals surface area contributed by atoms with E-state index in [1.54, 1.807) is 6.20 Å². The van der Waals surface area contributed by atoms with Gasteiger partial charge in [0, 0.05) is 6.20 Å². The van der Waals surface area contributed by atoms with Crippen LogP contribution in [0.4, 0.5) is 0 Å². The minimum Gasteiger partial charge on any atom is -0.860 e. The molecule has 0 fully saturated rings. The number of hydrogen-bond donors (Lipinski definition) is 4. The van der Waals surface area contributed by atoms with Crippen molar-refractivity contribution in [3.63, 3.8) is 0 Å². The van der Waals surface area contributed by atoms with E-state index in [1.807, 2.05) is 6.07 Å². The van der Waals surface area contributed by atoms with E-state index in [1.165, 1.54) is 12.8 Å². The summed E-state index contributed by atoms with van der Waals surface area (Å²) in [6.07, 6.45) is 6.19. The quantitative estimate of drug-likeness (QED) is 0.384. The number of nitrogens with one attached hydrogen (secondary N) is 1. The zero-order valence-electron chi connectivity index (χ0n) is 9.85. The molecular weight excluding hydrogens is 270 g/mol. The van der Waals surface area contributed by atoms with Gasteiger partial charge in [-0.15, -0.1) is 0 Å². The number of aromatic nitrogens is 1. The zero-order chi connectivity index (χ0) is 12.6. The van der Waals surface area contributed by atoms with Crippen molar-refractivity contribution in [1.82, 2.24) is 4.98 Å².